The summed E-state index contributed by atoms with van der Waals surface area (Å²) in [5.74, 6) is 0.157. The van der Waals surface area contributed by atoms with Gasteiger partial charge >= 0.3 is 6.18 Å². The van der Waals surface area contributed by atoms with Crippen molar-refractivity contribution in [2.75, 3.05) is 44.3 Å². The third kappa shape index (κ3) is 6.70. The highest BCUT2D eigenvalue weighted by Gasteiger charge is 2.33. The first-order chi connectivity index (χ1) is 17.7. The largest absolute Gasteiger partial charge is 0.491 e. The van der Waals surface area contributed by atoms with Gasteiger partial charge in [0.15, 0.2) is 0 Å². The third-order valence-corrected chi connectivity index (χ3v) is 6.50. The van der Waals surface area contributed by atoms with E-state index >= 15 is 0 Å². The van der Waals surface area contributed by atoms with Gasteiger partial charge in [0.25, 0.3) is 0 Å². The zero-order chi connectivity index (χ0) is 26.6. The lowest BCUT2D eigenvalue weighted by Gasteiger charge is -2.44. The van der Waals surface area contributed by atoms with Crippen molar-refractivity contribution in [1.82, 2.24) is 9.88 Å². The minimum Gasteiger partial charge on any atom is -0.491 e. The highest BCUT2D eigenvalue weighted by molar-refractivity contribution is 6.33. The van der Waals surface area contributed by atoms with E-state index < -0.39 is 18.0 Å². The highest BCUT2D eigenvalue weighted by Crippen LogP contribution is 2.37. The number of aliphatic hydroxyl groups is 2. The normalized spacial score (nSPS) is 17.6. The number of alkyl halides is 3. The Morgan fingerprint density at radius 1 is 1.08 bits per heavy atom. The van der Waals surface area contributed by atoms with Crippen molar-refractivity contribution in [3.8, 4) is 5.75 Å². The number of benzene rings is 2. The van der Waals surface area contributed by atoms with Crippen LogP contribution >= 0.6 is 11.6 Å². The summed E-state index contributed by atoms with van der Waals surface area (Å²) in [5, 5.41) is 20.1. The molecule has 0 amide bonds. The third-order valence-electron chi connectivity index (χ3n) is 6.20. The van der Waals surface area contributed by atoms with Crippen LogP contribution in [0.4, 0.5) is 23.2 Å². The maximum absolute atomic E-state index is 13.6. The van der Waals surface area contributed by atoms with Gasteiger partial charge in [0, 0.05) is 44.0 Å². The molecule has 6 nitrogen and oxygen atoms in total. The van der Waals surface area contributed by atoms with Gasteiger partial charge in [-0.05, 0) is 35.9 Å². The first-order valence-electron chi connectivity index (χ1n) is 11.6. The molecule has 2 heterocycles. The van der Waals surface area contributed by atoms with Crippen LogP contribution in [0.5, 0.6) is 5.75 Å². The summed E-state index contributed by atoms with van der Waals surface area (Å²) in [4.78, 5) is 7.53. The van der Waals surface area contributed by atoms with Gasteiger partial charge in [0.2, 0.25) is 0 Å². The molecule has 3 aromatic rings. The molecule has 1 aliphatic rings. The topological polar surface area (TPSA) is 69.1 Å². The highest BCUT2D eigenvalue weighted by atomic mass is 35.5. The van der Waals surface area contributed by atoms with Gasteiger partial charge in [-0.15, -0.1) is 0 Å². The zero-order valence-corrected chi connectivity index (χ0v) is 20.5. The summed E-state index contributed by atoms with van der Waals surface area (Å²) < 4.78 is 57.5. The molecule has 2 aromatic carbocycles. The first-order valence-corrected chi connectivity index (χ1v) is 12.0. The van der Waals surface area contributed by atoms with Crippen LogP contribution in [0.15, 0.2) is 60.8 Å². The zero-order valence-electron chi connectivity index (χ0n) is 19.7. The predicted octanol–water partition coefficient (Wildman–Crippen LogP) is 4.86. The Kier molecular flexibility index (Phi) is 8.53. The van der Waals surface area contributed by atoms with Crippen LogP contribution in [0.2, 0.25) is 5.02 Å². The Morgan fingerprint density at radius 3 is 2.46 bits per heavy atom. The molecule has 11 heteroatoms. The Hall–Kier alpha value is -2.92. The molecular weight excluding hydrogens is 514 g/mol. The quantitative estimate of drug-likeness (QED) is 0.399. The maximum Gasteiger partial charge on any atom is 0.433 e. The minimum atomic E-state index is -4.55. The van der Waals surface area contributed by atoms with Gasteiger partial charge in [-0.2, -0.15) is 13.2 Å². The van der Waals surface area contributed by atoms with E-state index in [2.05, 4.69) is 9.88 Å². The van der Waals surface area contributed by atoms with Crippen molar-refractivity contribution in [3.63, 3.8) is 0 Å². The Labute approximate surface area is 216 Å². The fourth-order valence-corrected chi connectivity index (χ4v) is 4.64. The Bertz CT molecular complexity index is 1180. The number of aliphatic hydroxyl groups excluding tert-OH is 2. The number of hydrogen-bond acceptors (Lipinski definition) is 6. The van der Waals surface area contributed by atoms with Gasteiger partial charge in [0.1, 0.15) is 23.9 Å². The number of rotatable bonds is 8. The van der Waals surface area contributed by atoms with Crippen LogP contribution in [-0.4, -0.2) is 59.5 Å². The van der Waals surface area contributed by atoms with E-state index in [4.69, 9.17) is 21.4 Å². The van der Waals surface area contributed by atoms with Crippen LogP contribution in [0.1, 0.15) is 29.0 Å². The standard InChI is InChI=1S/C26H26ClF4N3O3/c27-21-13-20(37-12-11-35)6-7-22(21)34-10-9-33(15-23(34)17-1-4-19(28)5-2-17)16-24(36)18-3-8-25(32-14-18)26(29,30)31/h1-8,13-14,23-24,35-36H,9-12,15-16H2/t23-,24+/m0/s1. The molecule has 0 spiro atoms. The second kappa shape index (κ2) is 11.6. The number of β-amino-alcohol motifs (C(OH)–C–C–N with tert-alkyl or cyclic N) is 1. The van der Waals surface area contributed by atoms with Crippen LogP contribution in [0.25, 0.3) is 0 Å². The van der Waals surface area contributed by atoms with Crippen molar-refractivity contribution < 1.29 is 32.5 Å². The van der Waals surface area contributed by atoms with Crippen molar-refractivity contribution in [1.29, 1.82) is 0 Å². The van der Waals surface area contributed by atoms with Gasteiger partial charge in [-0.1, -0.05) is 29.8 Å². The average Bonchev–Trinajstić information content (AvgIpc) is 2.88. The molecule has 1 aliphatic heterocycles. The van der Waals surface area contributed by atoms with Crippen molar-refractivity contribution in [2.24, 2.45) is 0 Å². The fourth-order valence-electron chi connectivity index (χ4n) is 4.36. The van der Waals surface area contributed by atoms with Gasteiger partial charge in [-0.3, -0.25) is 9.88 Å². The number of nitrogens with zero attached hydrogens (tertiary/aromatic N) is 3. The van der Waals surface area contributed by atoms with Crippen molar-refractivity contribution >= 4 is 17.3 Å². The van der Waals surface area contributed by atoms with E-state index in [1.165, 1.54) is 18.2 Å². The minimum absolute atomic E-state index is 0.123. The number of ether oxygens (including phenoxy) is 1. The number of hydrogen-bond donors (Lipinski definition) is 2. The summed E-state index contributed by atoms with van der Waals surface area (Å²) in [6, 6.07) is 13.2. The monoisotopic (exact) mass is 539 g/mol. The van der Waals surface area contributed by atoms with E-state index in [9.17, 15) is 22.7 Å². The molecule has 1 saturated heterocycles. The molecule has 1 fully saturated rings. The van der Waals surface area contributed by atoms with Gasteiger partial charge < -0.3 is 19.8 Å². The molecule has 4 rings (SSSR count). The first kappa shape index (κ1) is 27.1. The fraction of sp³-hybridized carbons (Fsp3) is 0.346. The lowest BCUT2D eigenvalue weighted by molar-refractivity contribution is -0.141. The number of halogens is 5. The van der Waals surface area contributed by atoms with E-state index in [0.29, 0.717) is 30.4 Å². The average molecular weight is 540 g/mol. The summed E-state index contributed by atoms with van der Waals surface area (Å²) in [7, 11) is 0. The lowest BCUT2D eigenvalue weighted by Crippen LogP contribution is -2.49. The molecular formula is C26H26ClF4N3O3. The SMILES string of the molecule is OCCOc1ccc(N2CCN(C[C@@H](O)c3ccc(C(F)(F)F)nc3)C[C@H]2c2ccc(F)cc2)c(Cl)c1. The molecule has 0 aliphatic carbocycles. The summed E-state index contributed by atoms with van der Waals surface area (Å²) in [5.41, 5.74) is 0.862. The van der Waals surface area contributed by atoms with Crippen LogP contribution in [-0.2, 0) is 6.18 Å². The predicted molar refractivity (Wildman–Crippen MR) is 131 cm³/mol. The molecule has 2 N–H and O–H groups in total. The van der Waals surface area contributed by atoms with Crippen LogP contribution < -0.4 is 9.64 Å². The molecule has 37 heavy (non-hydrogen) atoms. The molecule has 0 radical (unpaired) electrons. The van der Waals surface area contributed by atoms with Crippen molar-refractivity contribution in [2.45, 2.75) is 18.3 Å². The summed E-state index contributed by atoms with van der Waals surface area (Å²) in [6.07, 6.45) is -4.55. The number of anilines is 1. The molecule has 0 saturated carbocycles. The van der Waals surface area contributed by atoms with Crippen LogP contribution in [0.3, 0.4) is 0 Å². The lowest BCUT2D eigenvalue weighted by atomic mass is 10.00. The van der Waals surface area contributed by atoms with Gasteiger partial charge in [0.05, 0.1) is 29.5 Å². The second-order valence-corrected chi connectivity index (χ2v) is 9.10. The smallest absolute Gasteiger partial charge is 0.433 e. The summed E-state index contributed by atoms with van der Waals surface area (Å²) >= 11 is 6.58. The molecule has 0 unspecified atom stereocenters. The van der Waals surface area contributed by atoms with E-state index in [0.717, 1.165) is 23.5 Å². The van der Waals surface area contributed by atoms with Crippen LogP contribution in [0, 0.1) is 5.82 Å². The van der Waals surface area contributed by atoms with E-state index in [1.54, 1.807) is 24.3 Å². The Morgan fingerprint density at radius 2 is 1.84 bits per heavy atom. The number of pyridine rings is 1. The summed E-state index contributed by atoms with van der Waals surface area (Å²) in [6.45, 7) is 1.72. The number of aromatic nitrogens is 1. The molecule has 1 aromatic heterocycles. The maximum atomic E-state index is 13.6. The molecule has 2 atom stereocenters. The molecule has 198 valence electrons. The van der Waals surface area contributed by atoms with E-state index in [-0.39, 0.29) is 37.2 Å². The Balaban J connectivity index is 1.53. The van der Waals surface area contributed by atoms with Gasteiger partial charge in [-0.25, -0.2) is 4.39 Å². The number of piperazine rings is 1. The van der Waals surface area contributed by atoms with Crippen molar-refractivity contribution in [3.05, 3.63) is 88.5 Å². The second-order valence-electron chi connectivity index (χ2n) is 8.70. The molecule has 0 bridgehead atoms. The van der Waals surface area contributed by atoms with E-state index in [1.807, 2.05) is 11.0 Å².